The smallest absolute Gasteiger partial charge is 0.230 e. The number of thioether (sulfide) groups is 1. The van der Waals surface area contributed by atoms with Crippen molar-refractivity contribution < 1.29 is 4.79 Å². The van der Waals surface area contributed by atoms with Crippen LogP contribution in [0.3, 0.4) is 0 Å². The number of carbonyl (C=O) groups is 1. The molecule has 1 N–H and O–H groups in total. The van der Waals surface area contributed by atoms with Crippen molar-refractivity contribution in [2.45, 2.75) is 50.7 Å². The number of aromatic nitrogens is 3. The molecule has 0 aliphatic heterocycles. The maximum atomic E-state index is 12.4. The van der Waals surface area contributed by atoms with E-state index >= 15 is 0 Å². The molecule has 2 heterocycles. The van der Waals surface area contributed by atoms with E-state index in [9.17, 15) is 4.79 Å². The maximum absolute atomic E-state index is 12.4. The lowest BCUT2D eigenvalue weighted by atomic mass is 9.87. The van der Waals surface area contributed by atoms with Gasteiger partial charge in [-0.3, -0.25) is 4.79 Å². The number of carbonyl (C=O) groups excluding carboxylic acids is 1. The summed E-state index contributed by atoms with van der Waals surface area (Å²) in [5, 5.41) is 12.6. The number of rotatable bonds is 7. The number of amides is 1. The normalized spacial score (nSPS) is 16.8. The summed E-state index contributed by atoms with van der Waals surface area (Å²) >= 11 is 3.28. The summed E-state index contributed by atoms with van der Waals surface area (Å²) in [6.45, 7) is 4.28. The van der Waals surface area contributed by atoms with Gasteiger partial charge in [-0.25, -0.2) is 0 Å². The third kappa shape index (κ3) is 4.62. The third-order valence-corrected chi connectivity index (χ3v) is 8.08. The summed E-state index contributed by atoms with van der Waals surface area (Å²) in [5.74, 6) is 2.02. The molecule has 3 aromatic rings. The predicted molar refractivity (Wildman–Crippen MR) is 124 cm³/mol. The predicted octanol–water partition coefficient (Wildman–Crippen LogP) is 5.03. The van der Waals surface area contributed by atoms with Crippen molar-refractivity contribution in [2.24, 2.45) is 13.0 Å². The molecule has 4 rings (SSSR count). The number of hydrogen-bond acceptors (Lipinski definition) is 5. The van der Waals surface area contributed by atoms with Gasteiger partial charge in [-0.05, 0) is 49.3 Å². The molecular formula is C23H28N4OS2. The van der Waals surface area contributed by atoms with Gasteiger partial charge in [0.1, 0.15) is 0 Å². The summed E-state index contributed by atoms with van der Waals surface area (Å²) in [5.41, 5.74) is 2.59. The SMILES string of the molecule is CCC1CCc2sc(-c3nnc(SCC(=O)NC(C)c4ccccc4)n3C)cc2C1. The van der Waals surface area contributed by atoms with E-state index in [0.29, 0.717) is 5.75 Å². The van der Waals surface area contributed by atoms with Crippen molar-refractivity contribution in [3.63, 3.8) is 0 Å². The molecule has 0 saturated carbocycles. The number of nitrogens with one attached hydrogen (secondary N) is 1. The molecule has 0 fully saturated rings. The first kappa shape index (κ1) is 21.1. The van der Waals surface area contributed by atoms with Crippen molar-refractivity contribution in [1.29, 1.82) is 0 Å². The van der Waals surface area contributed by atoms with E-state index < -0.39 is 0 Å². The zero-order chi connectivity index (χ0) is 21.1. The Morgan fingerprint density at radius 3 is 2.90 bits per heavy atom. The van der Waals surface area contributed by atoms with E-state index in [4.69, 9.17) is 0 Å². The molecule has 2 atom stereocenters. The molecule has 7 heteroatoms. The molecule has 0 spiro atoms. The fourth-order valence-corrected chi connectivity index (χ4v) is 5.90. The van der Waals surface area contributed by atoms with Gasteiger partial charge in [0.05, 0.1) is 16.7 Å². The zero-order valence-corrected chi connectivity index (χ0v) is 19.4. The molecule has 1 amide bonds. The number of thiophene rings is 1. The van der Waals surface area contributed by atoms with Crippen LogP contribution in [0, 0.1) is 5.92 Å². The molecule has 1 aromatic carbocycles. The van der Waals surface area contributed by atoms with Gasteiger partial charge in [0.25, 0.3) is 0 Å². The highest BCUT2D eigenvalue weighted by atomic mass is 32.2. The van der Waals surface area contributed by atoms with E-state index in [1.807, 2.05) is 60.2 Å². The Bertz CT molecular complexity index is 1010. The van der Waals surface area contributed by atoms with Crippen molar-refractivity contribution in [3.8, 4) is 10.7 Å². The van der Waals surface area contributed by atoms with Crippen LogP contribution >= 0.6 is 23.1 Å². The molecule has 2 unspecified atom stereocenters. The van der Waals surface area contributed by atoms with Gasteiger partial charge >= 0.3 is 0 Å². The number of benzene rings is 1. The van der Waals surface area contributed by atoms with Crippen molar-refractivity contribution in [3.05, 3.63) is 52.4 Å². The Morgan fingerprint density at radius 2 is 2.13 bits per heavy atom. The zero-order valence-electron chi connectivity index (χ0n) is 17.7. The Balaban J connectivity index is 1.38. The molecule has 2 aromatic heterocycles. The Kier molecular flexibility index (Phi) is 6.58. The molecule has 0 bridgehead atoms. The number of fused-ring (bicyclic) bond motifs is 1. The molecule has 158 valence electrons. The molecule has 1 aliphatic carbocycles. The van der Waals surface area contributed by atoms with Crippen LogP contribution in [-0.2, 0) is 24.7 Å². The Morgan fingerprint density at radius 1 is 1.33 bits per heavy atom. The first-order chi connectivity index (χ1) is 14.5. The highest BCUT2D eigenvalue weighted by molar-refractivity contribution is 7.99. The van der Waals surface area contributed by atoms with E-state index in [2.05, 4.69) is 28.5 Å². The summed E-state index contributed by atoms with van der Waals surface area (Å²) in [6, 6.07) is 12.3. The van der Waals surface area contributed by atoms with Gasteiger partial charge in [0, 0.05) is 11.9 Å². The van der Waals surface area contributed by atoms with Gasteiger partial charge in [0.2, 0.25) is 5.91 Å². The lowest BCUT2D eigenvalue weighted by molar-refractivity contribution is -0.119. The second kappa shape index (κ2) is 9.35. The number of aryl methyl sites for hydroxylation is 1. The number of hydrogen-bond donors (Lipinski definition) is 1. The molecule has 0 radical (unpaired) electrons. The molecule has 5 nitrogen and oxygen atoms in total. The lowest BCUT2D eigenvalue weighted by Gasteiger charge is -2.19. The average molecular weight is 441 g/mol. The van der Waals surface area contributed by atoms with Crippen LogP contribution < -0.4 is 5.32 Å². The minimum atomic E-state index is -0.0151. The fraction of sp³-hybridized carbons (Fsp3) is 0.435. The van der Waals surface area contributed by atoms with Crippen LogP contribution in [0.5, 0.6) is 0 Å². The second-order valence-electron chi connectivity index (χ2n) is 7.93. The minimum Gasteiger partial charge on any atom is -0.349 e. The maximum Gasteiger partial charge on any atom is 0.230 e. The number of nitrogens with zero attached hydrogens (tertiary/aromatic N) is 3. The molecule has 1 aliphatic rings. The fourth-order valence-electron chi connectivity index (χ4n) is 3.95. The van der Waals surface area contributed by atoms with Gasteiger partial charge < -0.3 is 9.88 Å². The van der Waals surface area contributed by atoms with E-state index in [1.54, 1.807) is 0 Å². The van der Waals surface area contributed by atoms with Crippen molar-refractivity contribution >= 4 is 29.0 Å². The highest BCUT2D eigenvalue weighted by Crippen LogP contribution is 2.38. The standard InChI is InChI=1S/C23H28N4OS2/c1-4-16-10-11-19-18(12-16)13-20(30-19)22-25-26-23(27(22)3)29-14-21(28)24-15(2)17-8-6-5-7-9-17/h5-9,13,15-16H,4,10-12,14H2,1-3H3,(H,24,28). The van der Waals surface area contributed by atoms with E-state index in [1.165, 1.54) is 52.8 Å². The van der Waals surface area contributed by atoms with Crippen molar-refractivity contribution in [1.82, 2.24) is 20.1 Å². The Labute approximate surface area is 186 Å². The highest BCUT2D eigenvalue weighted by Gasteiger charge is 2.22. The topological polar surface area (TPSA) is 59.8 Å². The van der Waals surface area contributed by atoms with E-state index in [-0.39, 0.29) is 11.9 Å². The van der Waals surface area contributed by atoms with Crippen molar-refractivity contribution in [2.75, 3.05) is 5.75 Å². The van der Waals surface area contributed by atoms with Crippen LogP contribution in [0.2, 0.25) is 0 Å². The molecule has 0 saturated heterocycles. The first-order valence-electron chi connectivity index (χ1n) is 10.5. The van der Waals surface area contributed by atoms with Gasteiger partial charge in [-0.2, -0.15) is 0 Å². The van der Waals surface area contributed by atoms with Gasteiger partial charge in [0.15, 0.2) is 11.0 Å². The second-order valence-corrected chi connectivity index (χ2v) is 10.0. The summed E-state index contributed by atoms with van der Waals surface area (Å²) < 4.78 is 2.01. The monoisotopic (exact) mass is 440 g/mol. The summed E-state index contributed by atoms with van der Waals surface area (Å²) in [6.07, 6.45) is 4.90. The van der Waals surface area contributed by atoms with Crippen LogP contribution in [0.1, 0.15) is 48.7 Å². The van der Waals surface area contributed by atoms with Crippen LogP contribution in [0.25, 0.3) is 10.7 Å². The Hall–Kier alpha value is -2.12. The third-order valence-electron chi connectivity index (χ3n) is 5.83. The molecular weight excluding hydrogens is 412 g/mol. The first-order valence-corrected chi connectivity index (χ1v) is 12.3. The van der Waals surface area contributed by atoms with Crippen LogP contribution in [0.15, 0.2) is 41.6 Å². The van der Waals surface area contributed by atoms with E-state index in [0.717, 1.165) is 22.5 Å². The quantitative estimate of drug-likeness (QED) is 0.524. The summed E-state index contributed by atoms with van der Waals surface area (Å²) in [4.78, 5) is 15.1. The average Bonchev–Trinajstić information content (AvgIpc) is 3.35. The van der Waals surface area contributed by atoms with Gasteiger partial charge in [-0.1, -0.05) is 55.4 Å². The lowest BCUT2D eigenvalue weighted by Crippen LogP contribution is -2.28. The summed E-state index contributed by atoms with van der Waals surface area (Å²) in [7, 11) is 1.98. The largest absolute Gasteiger partial charge is 0.349 e. The van der Waals surface area contributed by atoms with Crippen LogP contribution in [0.4, 0.5) is 0 Å². The molecule has 30 heavy (non-hydrogen) atoms. The minimum absolute atomic E-state index is 0.00176. The van der Waals surface area contributed by atoms with Gasteiger partial charge in [-0.15, -0.1) is 21.5 Å². The van der Waals surface area contributed by atoms with Crippen LogP contribution in [-0.4, -0.2) is 26.4 Å².